The van der Waals surface area contributed by atoms with E-state index in [1.54, 1.807) is 29.7 Å². The zero-order chi connectivity index (χ0) is 18.5. The van der Waals surface area contributed by atoms with Gasteiger partial charge in [-0.05, 0) is 36.6 Å². The molecule has 0 unspecified atom stereocenters. The van der Waals surface area contributed by atoms with Crippen molar-refractivity contribution in [3.63, 3.8) is 0 Å². The summed E-state index contributed by atoms with van der Waals surface area (Å²) < 4.78 is 30.3. The number of aryl methyl sites for hydroxylation is 1. The first-order chi connectivity index (χ1) is 12.5. The van der Waals surface area contributed by atoms with Crippen LogP contribution in [-0.2, 0) is 11.2 Å². The van der Waals surface area contributed by atoms with Gasteiger partial charge in [-0.3, -0.25) is 4.79 Å². The molecule has 1 aliphatic heterocycles. The van der Waals surface area contributed by atoms with Crippen LogP contribution in [0.3, 0.4) is 0 Å². The quantitative estimate of drug-likeness (QED) is 0.703. The average molecular weight is 446 g/mol. The Labute approximate surface area is 162 Å². The molecule has 0 spiro atoms. The number of rotatable bonds is 7. The molecule has 0 saturated carbocycles. The number of carbonyl (C=O) groups excluding carboxylic acids is 1. The second kappa shape index (κ2) is 8.77. The maximum atomic E-state index is 12.5. The molecule has 0 radical (unpaired) electrons. The predicted molar refractivity (Wildman–Crippen MR) is 100.0 cm³/mol. The number of ether oxygens (including phenoxy) is 1. The number of aromatic nitrogens is 1. The second-order valence-electron chi connectivity index (χ2n) is 5.94. The van der Waals surface area contributed by atoms with Crippen LogP contribution in [-0.4, -0.2) is 36.6 Å². The van der Waals surface area contributed by atoms with Gasteiger partial charge in [0.2, 0.25) is 5.91 Å². The van der Waals surface area contributed by atoms with Crippen LogP contribution in [0.4, 0.5) is 13.9 Å². The Morgan fingerprint density at radius 1 is 1.50 bits per heavy atom. The Morgan fingerprint density at radius 3 is 3.08 bits per heavy atom. The van der Waals surface area contributed by atoms with Crippen molar-refractivity contribution in [2.45, 2.75) is 31.9 Å². The molecule has 0 bridgehead atoms. The van der Waals surface area contributed by atoms with Gasteiger partial charge in [0.1, 0.15) is 5.75 Å². The topological polar surface area (TPSA) is 54.5 Å². The van der Waals surface area contributed by atoms with Crippen molar-refractivity contribution in [2.24, 2.45) is 0 Å². The maximum Gasteiger partial charge on any atom is 0.387 e. The van der Waals surface area contributed by atoms with Gasteiger partial charge in [-0.25, -0.2) is 4.98 Å². The average Bonchev–Trinajstić information content (AvgIpc) is 3.26. The van der Waals surface area contributed by atoms with E-state index >= 15 is 0 Å². The Hall–Kier alpha value is -1.74. The van der Waals surface area contributed by atoms with Crippen LogP contribution in [0.15, 0.2) is 34.2 Å². The number of thiazole rings is 1. The molecule has 1 aromatic heterocycles. The normalized spacial score (nSPS) is 16.9. The number of halogens is 3. The minimum Gasteiger partial charge on any atom is -0.435 e. The van der Waals surface area contributed by atoms with Crippen LogP contribution in [0.25, 0.3) is 0 Å². The molecule has 1 amide bonds. The highest BCUT2D eigenvalue weighted by Crippen LogP contribution is 2.26. The molecular weight excluding hydrogens is 428 g/mol. The molecule has 1 N–H and O–H groups in total. The summed E-state index contributed by atoms with van der Waals surface area (Å²) in [6, 6.07) is 4.88. The zero-order valence-electron chi connectivity index (χ0n) is 13.8. The monoisotopic (exact) mass is 445 g/mol. The number of nitrogens with zero attached hydrogens (tertiary/aromatic N) is 2. The molecule has 1 fully saturated rings. The lowest BCUT2D eigenvalue weighted by molar-refractivity contribution is -0.121. The van der Waals surface area contributed by atoms with Gasteiger partial charge in [0.15, 0.2) is 5.13 Å². The van der Waals surface area contributed by atoms with Crippen LogP contribution in [0.2, 0.25) is 0 Å². The third-order valence-corrected chi connectivity index (χ3v) is 5.43. The van der Waals surface area contributed by atoms with Gasteiger partial charge in [-0.2, -0.15) is 8.78 Å². The van der Waals surface area contributed by atoms with E-state index in [4.69, 9.17) is 0 Å². The fraction of sp³-hybridized carbons (Fsp3) is 0.412. The molecule has 3 rings (SSSR count). The van der Waals surface area contributed by atoms with Crippen molar-refractivity contribution in [2.75, 3.05) is 18.0 Å². The van der Waals surface area contributed by atoms with Crippen molar-refractivity contribution < 1.29 is 18.3 Å². The SMILES string of the molecule is O=C(CCc1cc(Br)ccc1OC(F)F)N[C@H]1CCN(c2nccs2)C1. The van der Waals surface area contributed by atoms with E-state index in [1.807, 2.05) is 5.38 Å². The number of hydrogen-bond acceptors (Lipinski definition) is 5. The summed E-state index contributed by atoms with van der Waals surface area (Å²) in [4.78, 5) is 18.7. The minimum atomic E-state index is -2.89. The molecule has 1 aromatic carbocycles. The molecule has 2 aromatic rings. The van der Waals surface area contributed by atoms with Gasteiger partial charge < -0.3 is 15.0 Å². The van der Waals surface area contributed by atoms with Gasteiger partial charge >= 0.3 is 6.61 Å². The standard InChI is InChI=1S/C17H18BrF2N3O2S/c18-12-2-3-14(25-16(19)20)11(9-12)1-4-15(24)22-13-5-7-23(10-13)17-21-6-8-26-17/h2-3,6,8-9,13,16H,1,4-5,7,10H2,(H,22,24)/t13-/m0/s1. The molecule has 1 aliphatic rings. The highest BCUT2D eigenvalue weighted by molar-refractivity contribution is 9.10. The zero-order valence-corrected chi connectivity index (χ0v) is 16.2. The lowest BCUT2D eigenvalue weighted by atomic mass is 10.1. The summed E-state index contributed by atoms with van der Waals surface area (Å²) in [6.07, 6.45) is 3.17. The number of anilines is 1. The van der Waals surface area contributed by atoms with E-state index in [1.165, 1.54) is 6.07 Å². The molecule has 2 heterocycles. The van der Waals surface area contributed by atoms with Crippen molar-refractivity contribution in [1.29, 1.82) is 0 Å². The summed E-state index contributed by atoms with van der Waals surface area (Å²) in [5, 5.41) is 5.90. The van der Waals surface area contributed by atoms with E-state index in [-0.39, 0.29) is 24.1 Å². The van der Waals surface area contributed by atoms with Gasteiger partial charge in [0.25, 0.3) is 0 Å². The van der Waals surface area contributed by atoms with Crippen LogP contribution >= 0.6 is 27.3 Å². The Balaban J connectivity index is 1.51. The molecule has 140 valence electrons. The lowest BCUT2D eigenvalue weighted by Crippen LogP contribution is -2.37. The van der Waals surface area contributed by atoms with Crippen LogP contribution in [0.1, 0.15) is 18.4 Å². The van der Waals surface area contributed by atoms with Crippen LogP contribution < -0.4 is 15.0 Å². The third kappa shape index (κ3) is 5.14. The lowest BCUT2D eigenvalue weighted by Gasteiger charge is -2.16. The smallest absolute Gasteiger partial charge is 0.387 e. The summed E-state index contributed by atoms with van der Waals surface area (Å²) in [6.45, 7) is -1.30. The van der Waals surface area contributed by atoms with Crippen LogP contribution in [0, 0.1) is 0 Å². The van der Waals surface area contributed by atoms with E-state index in [9.17, 15) is 13.6 Å². The summed E-state index contributed by atoms with van der Waals surface area (Å²) in [7, 11) is 0. The maximum absolute atomic E-state index is 12.5. The molecule has 1 saturated heterocycles. The predicted octanol–water partition coefficient (Wildman–Crippen LogP) is 3.83. The van der Waals surface area contributed by atoms with Crippen molar-refractivity contribution in [3.05, 3.63) is 39.8 Å². The molecule has 1 atom stereocenters. The van der Waals surface area contributed by atoms with E-state index in [0.29, 0.717) is 12.0 Å². The summed E-state index contributed by atoms with van der Waals surface area (Å²) >= 11 is 4.89. The highest BCUT2D eigenvalue weighted by atomic mass is 79.9. The Bertz CT molecular complexity index is 746. The van der Waals surface area contributed by atoms with E-state index in [0.717, 1.165) is 29.1 Å². The minimum absolute atomic E-state index is 0.0747. The number of nitrogens with one attached hydrogen (secondary N) is 1. The number of amides is 1. The van der Waals surface area contributed by atoms with Crippen molar-refractivity contribution >= 4 is 38.3 Å². The summed E-state index contributed by atoms with van der Waals surface area (Å²) in [5.41, 5.74) is 0.575. The molecule has 26 heavy (non-hydrogen) atoms. The van der Waals surface area contributed by atoms with Crippen LogP contribution in [0.5, 0.6) is 5.75 Å². The van der Waals surface area contributed by atoms with Crippen molar-refractivity contribution in [1.82, 2.24) is 10.3 Å². The molecule has 9 heteroatoms. The highest BCUT2D eigenvalue weighted by Gasteiger charge is 2.25. The molecule has 5 nitrogen and oxygen atoms in total. The van der Waals surface area contributed by atoms with Crippen molar-refractivity contribution in [3.8, 4) is 5.75 Å². The first-order valence-electron chi connectivity index (χ1n) is 8.18. The fourth-order valence-corrected chi connectivity index (χ4v) is 4.01. The first-order valence-corrected chi connectivity index (χ1v) is 9.85. The van der Waals surface area contributed by atoms with Gasteiger partial charge in [-0.1, -0.05) is 15.9 Å². The molecular formula is C17H18BrF2N3O2S. The number of benzene rings is 1. The largest absolute Gasteiger partial charge is 0.435 e. The number of carbonyl (C=O) groups is 1. The van der Waals surface area contributed by atoms with E-state index < -0.39 is 6.61 Å². The Morgan fingerprint density at radius 2 is 2.35 bits per heavy atom. The van der Waals surface area contributed by atoms with E-state index in [2.05, 4.69) is 35.9 Å². The molecule has 0 aliphatic carbocycles. The fourth-order valence-electron chi connectivity index (χ4n) is 2.93. The third-order valence-electron chi connectivity index (χ3n) is 4.10. The summed E-state index contributed by atoms with van der Waals surface area (Å²) in [5.74, 6) is 0.00534. The number of alkyl halides is 2. The Kier molecular flexibility index (Phi) is 6.42. The van der Waals surface area contributed by atoms with Gasteiger partial charge in [0.05, 0.1) is 0 Å². The number of hydrogen-bond donors (Lipinski definition) is 1. The second-order valence-corrected chi connectivity index (χ2v) is 7.73. The first kappa shape index (κ1) is 19.0. The van der Waals surface area contributed by atoms with Gasteiger partial charge in [-0.15, -0.1) is 11.3 Å². The van der Waals surface area contributed by atoms with Gasteiger partial charge in [0, 0.05) is 41.6 Å².